The number of benzene rings is 1. The number of pyridine rings is 1. The van der Waals surface area contributed by atoms with Gasteiger partial charge in [0.15, 0.2) is 5.65 Å². The normalized spacial score (nSPS) is 12.3. The fourth-order valence-corrected chi connectivity index (χ4v) is 3.13. The van der Waals surface area contributed by atoms with Crippen LogP contribution in [0, 0.1) is 12.8 Å². The number of rotatable bonds is 7. The molecule has 1 amide bonds. The van der Waals surface area contributed by atoms with E-state index >= 15 is 0 Å². The van der Waals surface area contributed by atoms with Gasteiger partial charge in [-0.15, -0.1) is 0 Å². The van der Waals surface area contributed by atoms with Crippen LogP contribution in [0.5, 0.6) is 0 Å². The van der Waals surface area contributed by atoms with Crippen LogP contribution in [0.2, 0.25) is 0 Å². The van der Waals surface area contributed by atoms with Crippen molar-refractivity contribution in [2.75, 3.05) is 6.54 Å². The van der Waals surface area contributed by atoms with E-state index in [1.165, 1.54) is 6.20 Å². The van der Waals surface area contributed by atoms with E-state index in [2.05, 4.69) is 15.4 Å². The Morgan fingerprint density at radius 1 is 1.21 bits per heavy atom. The molecular formula is C21H24N4O3. The molecule has 2 heterocycles. The third kappa shape index (κ3) is 4.36. The lowest BCUT2D eigenvalue weighted by Gasteiger charge is -2.14. The number of aryl methyl sites for hydroxylation is 1. The van der Waals surface area contributed by atoms with Gasteiger partial charge in [-0.1, -0.05) is 29.8 Å². The van der Waals surface area contributed by atoms with E-state index in [0.29, 0.717) is 12.0 Å². The molecule has 0 aliphatic heterocycles. The molecule has 3 aromatic rings. The van der Waals surface area contributed by atoms with Gasteiger partial charge in [0, 0.05) is 24.2 Å². The third-order valence-corrected chi connectivity index (χ3v) is 4.61. The Morgan fingerprint density at radius 3 is 2.68 bits per heavy atom. The third-order valence-electron chi connectivity index (χ3n) is 4.61. The van der Waals surface area contributed by atoms with Gasteiger partial charge >= 0.3 is 5.97 Å². The van der Waals surface area contributed by atoms with Gasteiger partial charge in [0.2, 0.25) is 0 Å². The average Bonchev–Trinajstić information content (AvgIpc) is 3.08. The minimum absolute atomic E-state index is 0.0470. The number of nitrogens with one attached hydrogen (secondary N) is 1. The average molecular weight is 380 g/mol. The molecule has 28 heavy (non-hydrogen) atoms. The standard InChI is InChI=1S/C21H24N4O3/c1-13(2)25-19-16(12-24-25)9-17(10-22-19)20(26)23-11-18(21(27)28)8-15-6-4-5-14(3)7-15/h4-7,9-10,12-13,18H,8,11H2,1-3H3,(H,23,26)(H,27,28). The molecule has 1 atom stereocenters. The zero-order valence-electron chi connectivity index (χ0n) is 16.2. The summed E-state index contributed by atoms with van der Waals surface area (Å²) in [6.07, 6.45) is 3.53. The quantitative estimate of drug-likeness (QED) is 0.657. The Hall–Kier alpha value is -3.22. The molecule has 1 unspecified atom stereocenters. The van der Waals surface area contributed by atoms with E-state index in [1.54, 1.807) is 16.9 Å². The van der Waals surface area contributed by atoms with Crippen LogP contribution in [-0.2, 0) is 11.2 Å². The van der Waals surface area contributed by atoms with E-state index in [-0.39, 0.29) is 18.5 Å². The summed E-state index contributed by atoms with van der Waals surface area (Å²) < 4.78 is 1.79. The van der Waals surface area contributed by atoms with Gasteiger partial charge in [-0.2, -0.15) is 5.10 Å². The van der Waals surface area contributed by atoms with E-state index in [0.717, 1.165) is 22.2 Å². The maximum Gasteiger partial charge on any atom is 0.308 e. The van der Waals surface area contributed by atoms with Gasteiger partial charge in [0.1, 0.15) is 0 Å². The molecule has 0 spiro atoms. The summed E-state index contributed by atoms with van der Waals surface area (Å²) >= 11 is 0. The van der Waals surface area contributed by atoms with E-state index in [4.69, 9.17) is 0 Å². The largest absolute Gasteiger partial charge is 0.481 e. The van der Waals surface area contributed by atoms with Crippen molar-refractivity contribution >= 4 is 22.9 Å². The van der Waals surface area contributed by atoms with Crippen LogP contribution < -0.4 is 5.32 Å². The number of aliphatic carboxylic acids is 1. The van der Waals surface area contributed by atoms with Crippen LogP contribution in [0.3, 0.4) is 0 Å². The molecule has 146 valence electrons. The van der Waals surface area contributed by atoms with E-state index in [9.17, 15) is 14.7 Å². The highest BCUT2D eigenvalue weighted by Gasteiger charge is 2.20. The number of fused-ring (bicyclic) bond motifs is 1. The van der Waals surface area contributed by atoms with Crippen molar-refractivity contribution in [1.82, 2.24) is 20.1 Å². The molecule has 7 heteroatoms. The summed E-state index contributed by atoms with van der Waals surface area (Å²) in [5.74, 6) is -1.98. The van der Waals surface area contributed by atoms with Crippen molar-refractivity contribution in [3.8, 4) is 0 Å². The smallest absolute Gasteiger partial charge is 0.308 e. The first-order valence-electron chi connectivity index (χ1n) is 9.25. The van der Waals surface area contributed by atoms with Crippen molar-refractivity contribution in [1.29, 1.82) is 0 Å². The number of nitrogens with zero attached hydrogens (tertiary/aromatic N) is 3. The molecule has 1 aromatic carbocycles. The van der Waals surface area contributed by atoms with Gasteiger partial charge in [0.25, 0.3) is 5.91 Å². The SMILES string of the molecule is Cc1cccc(CC(CNC(=O)c2cnc3c(cnn3C(C)C)c2)C(=O)O)c1. The Morgan fingerprint density at radius 2 is 2.00 bits per heavy atom. The minimum Gasteiger partial charge on any atom is -0.481 e. The van der Waals surface area contributed by atoms with Crippen LogP contribution in [0.4, 0.5) is 0 Å². The molecule has 2 aromatic heterocycles. The first-order valence-corrected chi connectivity index (χ1v) is 9.25. The molecule has 0 aliphatic rings. The number of carboxylic acid groups (broad SMARTS) is 1. The predicted octanol–water partition coefficient (Wildman–Crippen LogP) is 2.99. The summed E-state index contributed by atoms with van der Waals surface area (Å²) in [7, 11) is 0. The number of carboxylic acids is 1. The molecule has 0 radical (unpaired) electrons. The van der Waals surface area contributed by atoms with Gasteiger partial charge in [-0.3, -0.25) is 9.59 Å². The summed E-state index contributed by atoms with van der Waals surface area (Å²) in [5, 5.41) is 17.3. The molecular weight excluding hydrogens is 356 g/mol. The summed E-state index contributed by atoms with van der Waals surface area (Å²) in [5.41, 5.74) is 3.11. The molecule has 0 saturated heterocycles. The van der Waals surface area contributed by atoms with Crippen molar-refractivity contribution in [3.05, 3.63) is 59.4 Å². The highest BCUT2D eigenvalue weighted by atomic mass is 16.4. The van der Waals surface area contributed by atoms with Gasteiger partial charge in [-0.25, -0.2) is 9.67 Å². The molecule has 7 nitrogen and oxygen atoms in total. The molecule has 0 bridgehead atoms. The monoisotopic (exact) mass is 380 g/mol. The van der Waals surface area contributed by atoms with Gasteiger partial charge < -0.3 is 10.4 Å². The fraction of sp³-hybridized carbons (Fsp3) is 0.333. The number of hydrogen-bond acceptors (Lipinski definition) is 4. The van der Waals surface area contributed by atoms with E-state index < -0.39 is 11.9 Å². The van der Waals surface area contributed by atoms with Crippen molar-refractivity contribution in [3.63, 3.8) is 0 Å². The number of carbonyl (C=O) groups excluding carboxylic acids is 1. The molecule has 0 saturated carbocycles. The Kier molecular flexibility index (Phi) is 5.73. The number of carbonyl (C=O) groups is 2. The Labute approximate surface area is 163 Å². The predicted molar refractivity (Wildman–Crippen MR) is 106 cm³/mol. The van der Waals surface area contributed by atoms with Gasteiger partial charge in [-0.05, 0) is 38.8 Å². The first kappa shape index (κ1) is 19.5. The number of amides is 1. The number of hydrogen-bond donors (Lipinski definition) is 2. The van der Waals surface area contributed by atoms with Crippen LogP contribution in [0.25, 0.3) is 11.0 Å². The van der Waals surface area contributed by atoms with Gasteiger partial charge in [0.05, 0.1) is 17.7 Å². The lowest BCUT2D eigenvalue weighted by atomic mass is 9.98. The Balaban J connectivity index is 1.69. The summed E-state index contributed by atoms with van der Waals surface area (Å²) in [6, 6.07) is 9.62. The van der Waals surface area contributed by atoms with Crippen molar-refractivity contribution in [2.45, 2.75) is 33.2 Å². The number of aromatic nitrogens is 3. The molecule has 2 N–H and O–H groups in total. The van der Waals surface area contributed by atoms with E-state index in [1.807, 2.05) is 45.0 Å². The van der Waals surface area contributed by atoms with Crippen molar-refractivity contribution < 1.29 is 14.7 Å². The Bertz CT molecular complexity index is 1010. The summed E-state index contributed by atoms with van der Waals surface area (Å²) in [6.45, 7) is 6.03. The first-order chi connectivity index (χ1) is 13.3. The molecule has 0 fully saturated rings. The second-order valence-corrected chi connectivity index (χ2v) is 7.26. The van der Waals surface area contributed by atoms with Crippen LogP contribution in [0.15, 0.2) is 42.7 Å². The maximum atomic E-state index is 12.5. The maximum absolute atomic E-state index is 12.5. The van der Waals surface area contributed by atoms with Crippen LogP contribution in [0.1, 0.15) is 41.4 Å². The lowest BCUT2D eigenvalue weighted by Crippen LogP contribution is -2.34. The summed E-state index contributed by atoms with van der Waals surface area (Å²) in [4.78, 5) is 28.4. The lowest BCUT2D eigenvalue weighted by molar-refractivity contribution is -0.141. The zero-order chi connectivity index (χ0) is 20.3. The highest BCUT2D eigenvalue weighted by molar-refractivity contribution is 5.97. The molecule has 3 rings (SSSR count). The minimum atomic E-state index is -0.936. The zero-order valence-corrected chi connectivity index (χ0v) is 16.2. The second-order valence-electron chi connectivity index (χ2n) is 7.26. The van der Waals surface area contributed by atoms with Crippen LogP contribution in [-0.4, -0.2) is 38.3 Å². The second kappa shape index (κ2) is 8.21. The topological polar surface area (TPSA) is 97.1 Å². The highest BCUT2D eigenvalue weighted by Crippen LogP contribution is 2.17. The fourth-order valence-electron chi connectivity index (χ4n) is 3.13. The van der Waals surface area contributed by atoms with Crippen LogP contribution >= 0.6 is 0 Å². The molecule has 0 aliphatic carbocycles. The van der Waals surface area contributed by atoms with Crippen molar-refractivity contribution in [2.24, 2.45) is 5.92 Å².